The van der Waals surface area contributed by atoms with Crippen LogP contribution in [0.1, 0.15) is 32.1 Å². The first-order valence-corrected chi connectivity index (χ1v) is 8.67. The Morgan fingerprint density at radius 3 is 2.00 bits per heavy atom. The number of rotatable bonds is 3. The third-order valence-corrected chi connectivity index (χ3v) is 6.65. The van der Waals surface area contributed by atoms with Gasteiger partial charge in [0.05, 0.1) is 10.9 Å². The van der Waals surface area contributed by atoms with Crippen molar-refractivity contribution in [2.75, 3.05) is 0 Å². The fourth-order valence-corrected chi connectivity index (χ4v) is 5.70. The van der Waals surface area contributed by atoms with Gasteiger partial charge < -0.3 is 0 Å². The van der Waals surface area contributed by atoms with Crippen molar-refractivity contribution in [2.45, 2.75) is 47.1 Å². The summed E-state index contributed by atoms with van der Waals surface area (Å²) in [6.45, 7) is 0. The monoisotopic (exact) mass is 287 g/mol. The van der Waals surface area contributed by atoms with Gasteiger partial charge in [-0.2, -0.15) is 0 Å². The molecule has 3 rings (SSSR count). The van der Waals surface area contributed by atoms with Crippen LogP contribution in [0.2, 0.25) is 0 Å². The third kappa shape index (κ3) is 3.06. The van der Waals surface area contributed by atoms with Gasteiger partial charge in [-0.05, 0) is 62.1 Å². The van der Waals surface area contributed by atoms with E-state index >= 15 is 0 Å². The Morgan fingerprint density at radius 2 is 1.35 bits per heavy atom. The summed E-state index contributed by atoms with van der Waals surface area (Å²) in [7, 11) is 0.0874. The standard InChI is InChI=1S/C18H20FS/c19-15-11-13-18(14-12-15)20(16-7-3-1-4-8-16)17-9-5-2-6-10-17/h1,3-4,7-8,11-14,17H,2,5-6,9-10H2/q+1. The van der Waals surface area contributed by atoms with Crippen LogP contribution in [0.5, 0.6) is 0 Å². The van der Waals surface area contributed by atoms with Crippen molar-refractivity contribution in [3.8, 4) is 0 Å². The number of hydrogen-bond donors (Lipinski definition) is 0. The Hall–Kier alpha value is -1.28. The van der Waals surface area contributed by atoms with Crippen LogP contribution in [0.15, 0.2) is 64.4 Å². The molecule has 0 aromatic heterocycles. The molecule has 0 radical (unpaired) electrons. The fraction of sp³-hybridized carbons (Fsp3) is 0.333. The largest absolute Gasteiger partial charge is 0.207 e. The van der Waals surface area contributed by atoms with E-state index in [0.29, 0.717) is 0 Å². The van der Waals surface area contributed by atoms with E-state index in [9.17, 15) is 4.39 Å². The van der Waals surface area contributed by atoms with Crippen LogP contribution in [-0.2, 0) is 10.9 Å². The van der Waals surface area contributed by atoms with Gasteiger partial charge in [0, 0.05) is 0 Å². The van der Waals surface area contributed by atoms with Gasteiger partial charge in [0.2, 0.25) is 0 Å². The molecule has 2 aromatic carbocycles. The molecular weight excluding hydrogens is 267 g/mol. The molecule has 1 saturated carbocycles. The van der Waals surface area contributed by atoms with Gasteiger partial charge in [0.15, 0.2) is 9.79 Å². The molecular formula is C18H20FS+. The topological polar surface area (TPSA) is 0 Å². The maximum atomic E-state index is 13.2. The first-order chi connectivity index (χ1) is 9.84. The van der Waals surface area contributed by atoms with Gasteiger partial charge >= 0.3 is 0 Å². The maximum Gasteiger partial charge on any atom is 0.161 e. The summed E-state index contributed by atoms with van der Waals surface area (Å²) in [6.07, 6.45) is 6.64. The summed E-state index contributed by atoms with van der Waals surface area (Å²) in [5.41, 5.74) is 0. The molecule has 2 aromatic rings. The van der Waals surface area contributed by atoms with Crippen LogP contribution < -0.4 is 0 Å². The fourth-order valence-electron chi connectivity index (χ4n) is 2.97. The highest BCUT2D eigenvalue weighted by atomic mass is 32.2. The van der Waals surface area contributed by atoms with Crippen LogP contribution >= 0.6 is 0 Å². The lowest BCUT2D eigenvalue weighted by molar-refractivity contribution is 0.512. The van der Waals surface area contributed by atoms with E-state index in [1.165, 1.54) is 41.9 Å². The van der Waals surface area contributed by atoms with E-state index in [2.05, 4.69) is 30.3 Å². The maximum absolute atomic E-state index is 13.2. The molecule has 0 saturated heterocycles. The van der Waals surface area contributed by atoms with Gasteiger partial charge in [-0.3, -0.25) is 0 Å². The molecule has 0 N–H and O–H groups in total. The normalized spacial score (nSPS) is 17.9. The molecule has 0 nitrogen and oxygen atoms in total. The molecule has 1 atom stereocenters. The Balaban J connectivity index is 1.96. The van der Waals surface area contributed by atoms with Crippen molar-refractivity contribution in [2.24, 2.45) is 0 Å². The van der Waals surface area contributed by atoms with Crippen LogP contribution in [0.4, 0.5) is 4.39 Å². The second-order valence-corrected chi connectivity index (χ2v) is 7.65. The van der Waals surface area contributed by atoms with Crippen LogP contribution in [0.3, 0.4) is 0 Å². The van der Waals surface area contributed by atoms with Crippen molar-refractivity contribution in [1.29, 1.82) is 0 Å². The number of hydrogen-bond acceptors (Lipinski definition) is 0. The highest BCUT2D eigenvalue weighted by molar-refractivity contribution is 7.97. The minimum absolute atomic E-state index is 0.0874. The predicted molar refractivity (Wildman–Crippen MR) is 83.6 cm³/mol. The van der Waals surface area contributed by atoms with Gasteiger partial charge in [-0.1, -0.05) is 24.6 Å². The van der Waals surface area contributed by atoms with Crippen molar-refractivity contribution < 1.29 is 4.39 Å². The van der Waals surface area contributed by atoms with Gasteiger partial charge in [0.1, 0.15) is 11.1 Å². The highest BCUT2D eigenvalue weighted by Gasteiger charge is 2.36. The average Bonchev–Trinajstić information content (AvgIpc) is 2.52. The Morgan fingerprint density at radius 1 is 0.750 bits per heavy atom. The Bertz CT molecular complexity index is 529. The lowest BCUT2D eigenvalue weighted by Crippen LogP contribution is -2.24. The van der Waals surface area contributed by atoms with E-state index in [-0.39, 0.29) is 16.7 Å². The van der Waals surface area contributed by atoms with Crippen LogP contribution in [0, 0.1) is 5.82 Å². The molecule has 0 spiro atoms. The molecule has 0 amide bonds. The second-order valence-electron chi connectivity index (χ2n) is 5.36. The van der Waals surface area contributed by atoms with Crippen molar-refractivity contribution >= 4 is 10.9 Å². The smallest absolute Gasteiger partial charge is 0.161 e. The molecule has 0 bridgehead atoms. The van der Waals surface area contributed by atoms with E-state index in [4.69, 9.17) is 0 Å². The minimum Gasteiger partial charge on any atom is -0.207 e. The average molecular weight is 287 g/mol. The number of halogens is 1. The first kappa shape index (κ1) is 13.7. The molecule has 0 heterocycles. The van der Waals surface area contributed by atoms with E-state index in [1.807, 2.05) is 12.1 Å². The zero-order valence-electron chi connectivity index (χ0n) is 11.6. The molecule has 1 unspecified atom stereocenters. The predicted octanol–water partition coefficient (Wildman–Crippen LogP) is 5.19. The van der Waals surface area contributed by atoms with Crippen LogP contribution in [-0.4, -0.2) is 5.25 Å². The SMILES string of the molecule is Fc1ccc([S+](c2ccccc2)C2CCCCC2)cc1. The molecule has 1 aliphatic carbocycles. The zero-order chi connectivity index (χ0) is 13.8. The minimum atomic E-state index is -0.144. The summed E-state index contributed by atoms with van der Waals surface area (Å²) >= 11 is 0. The third-order valence-electron chi connectivity index (χ3n) is 3.95. The van der Waals surface area contributed by atoms with Crippen molar-refractivity contribution in [3.05, 3.63) is 60.4 Å². The highest BCUT2D eigenvalue weighted by Crippen LogP contribution is 2.35. The lowest BCUT2D eigenvalue weighted by Gasteiger charge is -2.22. The zero-order valence-corrected chi connectivity index (χ0v) is 12.4. The molecule has 2 heteroatoms. The van der Waals surface area contributed by atoms with E-state index in [1.54, 1.807) is 12.1 Å². The molecule has 1 fully saturated rings. The molecule has 104 valence electrons. The Labute approximate surface area is 123 Å². The van der Waals surface area contributed by atoms with Gasteiger partial charge in [-0.15, -0.1) is 0 Å². The summed E-state index contributed by atoms with van der Waals surface area (Å²) in [6, 6.07) is 17.9. The lowest BCUT2D eigenvalue weighted by atomic mass is 10.0. The van der Waals surface area contributed by atoms with E-state index < -0.39 is 0 Å². The summed E-state index contributed by atoms with van der Waals surface area (Å²) in [5, 5.41) is 0.719. The first-order valence-electron chi connectivity index (χ1n) is 7.38. The molecule has 0 aliphatic heterocycles. The van der Waals surface area contributed by atoms with Crippen molar-refractivity contribution in [1.82, 2.24) is 0 Å². The van der Waals surface area contributed by atoms with Crippen LogP contribution in [0.25, 0.3) is 0 Å². The van der Waals surface area contributed by atoms with E-state index in [0.717, 1.165) is 5.25 Å². The molecule has 20 heavy (non-hydrogen) atoms. The molecule has 1 aliphatic rings. The number of benzene rings is 2. The Kier molecular flexibility index (Phi) is 4.41. The second kappa shape index (κ2) is 6.45. The van der Waals surface area contributed by atoms with Crippen molar-refractivity contribution in [3.63, 3.8) is 0 Å². The van der Waals surface area contributed by atoms with Gasteiger partial charge in [-0.25, -0.2) is 4.39 Å². The quantitative estimate of drug-likeness (QED) is 0.681. The summed E-state index contributed by atoms with van der Waals surface area (Å²) in [5.74, 6) is -0.144. The summed E-state index contributed by atoms with van der Waals surface area (Å²) in [4.78, 5) is 2.68. The van der Waals surface area contributed by atoms with Gasteiger partial charge in [0.25, 0.3) is 0 Å². The summed E-state index contributed by atoms with van der Waals surface area (Å²) < 4.78 is 13.2.